The molecule has 0 amide bonds. The number of rotatable bonds is 6. The molecule has 1 unspecified atom stereocenters. The summed E-state index contributed by atoms with van der Waals surface area (Å²) in [6, 6.07) is 0. The molecule has 0 aromatic rings. The van der Waals surface area contributed by atoms with Gasteiger partial charge >= 0.3 is 0 Å². The number of hydrogen-bond acceptors (Lipinski definition) is 5. The molecular weight excluding hydrogens is 164 g/mol. The molecule has 0 rings (SSSR count). The van der Waals surface area contributed by atoms with Gasteiger partial charge in [-0.05, 0) is 6.42 Å². The lowest BCUT2D eigenvalue weighted by Crippen LogP contribution is -2.37. The summed E-state index contributed by atoms with van der Waals surface area (Å²) in [5.41, 5.74) is 0. The molecule has 0 aromatic carbocycles. The van der Waals surface area contributed by atoms with Crippen LogP contribution in [0.15, 0.2) is 0 Å². The van der Waals surface area contributed by atoms with Crippen LogP contribution in [0.5, 0.6) is 0 Å². The van der Waals surface area contributed by atoms with Gasteiger partial charge in [0.1, 0.15) is 12.2 Å². The van der Waals surface area contributed by atoms with E-state index < -0.39 is 31.7 Å². The minimum atomic E-state index is -1.16. The minimum Gasteiger partial charge on any atom is -0.394 e. The largest absolute Gasteiger partial charge is 0.394 e. The van der Waals surface area contributed by atoms with Gasteiger partial charge < -0.3 is 25.2 Å². The average Bonchev–Trinajstić information content (AvgIpc) is 2.12. The van der Waals surface area contributed by atoms with E-state index in [-0.39, 0.29) is 0 Å². The zero-order valence-corrected chi connectivity index (χ0v) is 7.05. The van der Waals surface area contributed by atoms with Crippen LogP contribution in [0.3, 0.4) is 0 Å². The van der Waals surface area contributed by atoms with Crippen molar-refractivity contribution in [1.82, 2.24) is 0 Å². The van der Waals surface area contributed by atoms with Crippen molar-refractivity contribution in [2.45, 2.75) is 31.8 Å². The van der Waals surface area contributed by atoms with Crippen molar-refractivity contribution in [2.24, 2.45) is 0 Å². The lowest BCUT2D eigenvalue weighted by molar-refractivity contribution is -0.181. The van der Waals surface area contributed by atoms with Gasteiger partial charge in [-0.1, -0.05) is 6.92 Å². The first-order valence-corrected chi connectivity index (χ1v) is 3.89. The van der Waals surface area contributed by atoms with Crippen LogP contribution in [-0.2, 0) is 4.74 Å². The van der Waals surface area contributed by atoms with Gasteiger partial charge in [-0.25, -0.2) is 0 Å². The molecule has 0 saturated carbocycles. The Balaban J connectivity index is 3.81. The van der Waals surface area contributed by atoms with Crippen LogP contribution in [-0.4, -0.2) is 52.1 Å². The summed E-state index contributed by atoms with van der Waals surface area (Å²) in [5, 5.41) is 35.2. The first-order valence-electron chi connectivity index (χ1n) is 3.89. The molecule has 3 atom stereocenters. The molecule has 12 heavy (non-hydrogen) atoms. The quantitative estimate of drug-likeness (QED) is 0.371. The maximum Gasteiger partial charge on any atom is 0.154 e. The molecule has 0 saturated heterocycles. The molecule has 0 spiro atoms. The third-order valence-electron chi connectivity index (χ3n) is 1.48. The monoisotopic (exact) mass is 180 g/mol. The highest BCUT2D eigenvalue weighted by Gasteiger charge is 2.20. The Morgan fingerprint density at radius 3 is 2.08 bits per heavy atom. The van der Waals surface area contributed by atoms with Crippen molar-refractivity contribution in [1.29, 1.82) is 0 Å². The summed E-state index contributed by atoms with van der Waals surface area (Å²) >= 11 is 0. The van der Waals surface area contributed by atoms with Crippen molar-refractivity contribution >= 4 is 0 Å². The van der Waals surface area contributed by atoms with Crippen LogP contribution in [0.25, 0.3) is 0 Å². The van der Waals surface area contributed by atoms with Crippen molar-refractivity contribution in [3.8, 4) is 0 Å². The van der Waals surface area contributed by atoms with E-state index in [4.69, 9.17) is 25.2 Å². The predicted molar refractivity (Wildman–Crippen MR) is 41.3 cm³/mol. The van der Waals surface area contributed by atoms with Crippen LogP contribution in [0.4, 0.5) is 0 Å². The van der Waals surface area contributed by atoms with Gasteiger partial charge in [0, 0.05) is 0 Å². The van der Waals surface area contributed by atoms with E-state index >= 15 is 0 Å². The zero-order chi connectivity index (χ0) is 9.56. The highest BCUT2D eigenvalue weighted by atomic mass is 16.6. The van der Waals surface area contributed by atoms with Crippen LogP contribution >= 0.6 is 0 Å². The highest BCUT2D eigenvalue weighted by molar-refractivity contribution is 4.66. The molecule has 4 N–H and O–H groups in total. The van der Waals surface area contributed by atoms with E-state index in [2.05, 4.69) is 0 Å². The Hall–Kier alpha value is -0.200. The van der Waals surface area contributed by atoms with E-state index in [1.807, 2.05) is 0 Å². The lowest BCUT2D eigenvalue weighted by Gasteiger charge is -2.22. The van der Waals surface area contributed by atoms with E-state index in [9.17, 15) is 0 Å². The van der Waals surface area contributed by atoms with Gasteiger partial charge in [0.05, 0.1) is 13.2 Å². The topological polar surface area (TPSA) is 90.2 Å². The smallest absolute Gasteiger partial charge is 0.154 e. The molecular formula is C7H16O5. The molecule has 0 heterocycles. The number of aliphatic hydroxyl groups is 4. The van der Waals surface area contributed by atoms with Gasteiger partial charge in [0.25, 0.3) is 0 Å². The number of ether oxygens (including phenoxy) is 1. The summed E-state index contributed by atoms with van der Waals surface area (Å²) in [7, 11) is 0. The number of aliphatic hydroxyl groups excluding tert-OH is 4. The van der Waals surface area contributed by atoms with Crippen molar-refractivity contribution in [3.63, 3.8) is 0 Å². The van der Waals surface area contributed by atoms with Crippen LogP contribution < -0.4 is 0 Å². The van der Waals surface area contributed by atoms with Gasteiger partial charge in [-0.2, -0.15) is 0 Å². The maximum atomic E-state index is 9.02. The third kappa shape index (κ3) is 3.99. The summed E-state index contributed by atoms with van der Waals surface area (Å²) in [4.78, 5) is 0. The van der Waals surface area contributed by atoms with E-state index in [0.717, 1.165) is 0 Å². The highest BCUT2D eigenvalue weighted by Crippen LogP contribution is 2.03. The Labute approximate surface area is 71.2 Å². The standard InChI is InChI=1S/C7H16O5/c1-2-7(11)12-6(4-9)5(10)3-8/h5-11H,2-4H2,1H3/t5-,6?,7+/m0/s1. The summed E-state index contributed by atoms with van der Waals surface area (Å²) in [5.74, 6) is 0. The Morgan fingerprint density at radius 2 is 1.75 bits per heavy atom. The number of hydrogen-bond donors (Lipinski definition) is 4. The fourth-order valence-corrected chi connectivity index (χ4v) is 0.671. The third-order valence-corrected chi connectivity index (χ3v) is 1.48. The first-order chi connectivity index (χ1) is 5.65. The summed E-state index contributed by atoms with van der Waals surface area (Å²) < 4.78 is 4.80. The molecule has 0 fully saturated rings. The molecule has 0 aliphatic heterocycles. The second-order valence-corrected chi connectivity index (χ2v) is 2.47. The minimum absolute atomic E-state index is 0.370. The summed E-state index contributed by atoms with van der Waals surface area (Å²) in [6.45, 7) is 0.769. The molecule has 0 aromatic heterocycles. The molecule has 0 bridgehead atoms. The van der Waals surface area contributed by atoms with E-state index in [1.54, 1.807) is 6.92 Å². The molecule has 0 aliphatic rings. The fourth-order valence-electron chi connectivity index (χ4n) is 0.671. The Bertz CT molecular complexity index is 108. The SMILES string of the molecule is CC[C@H](O)OC(CO)[C@@H](O)CO. The van der Waals surface area contributed by atoms with Crippen LogP contribution in [0.2, 0.25) is 0 Å². The average molecular weight is 180 g/mol. The molecule has 0 aliphatic carbocycles. The van der Waals surface area contributed by atoms with E-state index in [0.29, 0.717) is 6.42 Å². The van der Waals surface area contributed by atoms with Crippen LogP contribution in [0, 0.1) is 0 Å². The Kier molecular flexibility index (Phi) is 6.23. The van der Waals surface area contributed by atoms with Crippen molar-refractivity contribution in [2.75, 3.05) is 13.2 Å². The van der Waals surface area contributed by atoms with Crippen LogP contribution in [0.1, 0.15) is 13.3 Å². The van der Waals surface area contributed by atoms with E-state index in [1.165, 1.54) is 0 Å². The molecule has 74 valence electrons. The lowest BCUT2D eigenvalue weighted by atomic mass is 10.2. The van der Waals surface area contributed by atoms with Gasteiger partial charge in [-0.15, -0.1) is 0 Å². The zero-order valence-electron chi connectivity index (χ0n) is 7.05. The Morgan fingerprint density at radius 1 is 1.17 bits per heavy atom. The maximum absolute atomic E-state index is 9.02. The van der Waals surface area contributed by atoms with Gasteiger partial charge in [-0.3, -0.25) is 0 Å². The molecule has 5 heteroatoms. The second-order valence-electron chi connectivity index (χ2n) is 2.47. The fraction of sp³-hybridized carbons (Fsp3) is 1.00. The van der Waals surface area contributed by atoms with Gasteiger partial charge in [0.2, 0.25) is 0 Å². The summed E-state index contributed by atoms with van der Waals surface area (Å²) in [6.07, 6.45) is -2.72. The van der Waals surface area contributed by atoms with Crippen molar-refractivity contribution < 1.29 is 25.2 Å². The first kappa shape index (κ1) is 11.8. The van der Waals surface area contributed by atoms with Crippen molar-refractivity contribution in [3.05, 3.63) is 0 Å². The normalized spacial score (nSPS) is 18.8. The molecule has 5 nitrogen and oxygen atoms in total. The predicted octanol–water partition coefficient (Wildman–Crippen LogP) is -1.55. The van der Waals surface area contributed by atoms with Gasteiger partial charge in [0.15, 0.2) is 6.29 Å². The molecule has 0 radical (unpaired) electrons. The second kappa shape index (κ2) is 6.33.